The maximum Gasteiger partial charge on any atom is 0.417 e. The van der Waals surface area contributed by atoms with E-state index < -0.39 is 22.5 Å². The standard InChI is InChI=1S/C9H3ClF3IO2/c10-8(16)7-5(9(11,12)13)1-4(3-15)2-6(7)14/h1-3H. The van der Waals surface area contributed by atoms with Crippen molar-refractivity contribution >= 4 is 45.7 Å². The normalized spacial score (nSPS) is 11.3. The van der Waals surface area contributed by atoms with Gasteiger partial charge >= 0.3 is 6.18 Å². The average Bonchev–Trinajstić information content (AvgIpc) is 2.14. The largest absolute Gasteiger partial charge is 0.417 e. The first-order valence-corrected chi connectivity index (χ1v) is 5.28. The van der Waals surface area contributed by atoms with Gasteiger partial charge in [0, 0.05) is 9.13 Å². The van der Waals surface area contributed by atoms with Crippen molar-refractivity contribution in [1.29, 1.82) is 0 Å². The Morgan fingerprint density at radius 2 is 1.94 bits per heavy atom. The summed E-state index contributed by atoms with van der Waals surface area (Å²) in [5.74, 6) is 0. The highest BCUT2D eigenvalue weighted by Crippen LogP contribution is 2.35. The fourth-order valence-electron chi connectivity index (χ4n) is 1.12. The summed E-state index contributed by atoms with van der Waals surface area (Å²) >= 11 is 6.61. The number of benzene rings is 1. The SMILES string of the molecule is O=Cc1cc(I)c(C(=O)Cl)c(C(F)(F)F)c1. The van der Waals surface area contributed by atoms with Crippen LogP contribution in [0.3, 0.4) is 0 Å². The molecule has 0 aliphatic carbocycles. The molecule has 0 N–H and O–H groups in total. The van der Waals surface area contributed by atoms with Crippen LogP contribution in [0.2, 0.25) is 0 Å². The summed E-state index contributed by atoms with van der Waals surface area (Å²) in [4.78, 5) is 21.3. The molecule has 0 saturated carbocycles. The topological polar surface area (TPSA) is 34.1 Å². The van der Waals surface area contributed by atoms with Gasteiger partial charge in [-0.2, -0.15) is 13.2 Å². The van der Waals surface area contributed by atoms with Crippen molar-refractivity contribution in [3.8, 4) is 0 Å². The van der Waals surface area contributed by atoms with Crippen molar-refractivity contribution in [3.05, 3.63) is 32.4 Å². The van der Waals surface area contributed by atoms with Gasteiger partial charge in [0.1, 0.15) is 6.29 Å². The van der Waals surface area contributed by atoms with E-state index in [4.69, 9.17) is 11.6 Å². The predicted molar refractivity (Wildman–Crippen MR) is 59.7 cm³/mol. The number of alkyl halides is 3. The van der Waals surface area contributed by atoms with Gasteiger partial charge in [-0.25, -0.2) is 0 Å². The molecule has 0 atom stereocenters. The molecule has 86 valence electrons. The van der Waals surface area contributed by atoms with E-state index in [1.807, 2.05) is 0 Å². The van der Waals surface area contributed by atoms with Crippen LogP contribution in [0.15, 0.2) is 12.1 Å². The van der Waals surface area contributed by atoms with Crippen LogP contribution in [0.4, 0.5) is 13.2 Å². The van der Waals surface area contributed by atoms with Crippen LogP contribution in [0.1, 0.15) is 26.3 Å². The zero-order valence-corrected chi connectivity index (χ0v) is 10.4. The van der Waals surface area contributed by atoms with E-state index in [9.17, 15) is 22.8 Å². The van der Waals surface area contributed by atoms with Gasteiger partial charge in [0.2, 0.25) is 0 Å². The summed E-state index contributed by atoms with van der Waals surface area (Å²) in [6, 6.07) is 1.77. The minimum Gasteiger partial charge on any atom is -0.298 e. The Hall–Kier alpha value is -0.630. The number of hydrogen-bond donors (Lipinski definition) is 0. The molecule has 0 amide bonds. The summed E-state index contributed by atoms with van der Waals surface area (Å²) in [6.07, 6.45) is -4.45. The number of carbonyl (C=O) groups is 2. The highest BCUT2D eigenvalue weighted by molar-refractivity contribution is 14.1. The monoisotopic (exact) mass is 362 g/mol. The predicted octanol–water partition coefficient (Wildman–Crippen LogP) is 3.50. The molecular weight excluding hydrogens is 359 g/mol. The Morgan fingerprint density at radius 3 is 2.31 bits per heavy atom. The molecule has 1 aromatic carbocycles. The molecule has 0 aliphatic rings. The van der Waals surface area contributed by atoms with E-state index in [-0.39, 0.29) is 15.4 Å². The number of halogens is 5. The number of aldehydes is 1. The fourth-order valence-corrected chi connectivity index (χ4v) is 2.38. The number of carbonyl (C=O) groups excluding carboxylic acids is 2. The van der Waals surface area contributed by atoms with Crippen molar-refractivity contribution in [3.63, 3.8) is 0 Å². The minimum atomic E-state index is -4.72. The molecule has 1 aromatic rings. The maximum atomic E-state index is 12.6. The van der Waals surface area contributed by atoms with Gasteiger partial charge in [0.25, 0.3) is 5.24 Å². The van der Waals surface area contributed by atoms with Gasteiger partial charge in [-0.15, -0.1) is 0 Å². The Kier molecular flexibility index (Phi) is 3.95. The van der Waals surface area contributed by atoms with Crippen LogP contribution >= 0.6 is 34.2 Å². The van der Waals surface area contributed by atoms with E-state index in [0.717, 1.165) is 0 Å². The minimum absolute atomic E-state index is 0.00507. The maximum absolute atomic E-state index is 12.6. The quantitative estimate of drug-likeness (QED) is 0.458. The molecule has 0 saturated heterocycles. The molecule has 0 fully saturated rings. The third-order valence-electron chi connectivity index (χ3n) is 1.75. The molecule has 0 radical (unpaired) electrons. The Labute approximate surface area is 107 Å². The lowest BCUT2D eigenvalue weighted by Crippen LogP contribution is -2.13. The lowest BCUT2D eigenvalue weighted by molar-refractivity contribution is -0.137. The Morgan fingerprint density at radius 1 is 1.38 bits per heavy atom. The summed E-state index contributed by atoms with van der Waals surface area (Å²) in [6.45, 7) is 0. The van der Waals surface area contributed by atoms with Crippen molar-refractivity contribution in [2.24, 2.45) is 0 Å². The fraction of sp³-hybridized carbons (Fsp3) is 0.111. The van der Waals surface area contributed by atoms with Gasteiger partial charge in [0.15, 0.2) is 0 Å². The van der Waals surface area contributed by atoms with Gasteiger partial charge in [-0.3, -0.25) is 9.59 Å². The lowest BCUT2D eigenvalue weighted by Gasteiger charge is -2.12. The molecule has 7 heteroatoms. The molecule has 2 nitrogen and oxygen atoms in total. The van der Waals surface area contributed by atoms with Crippen LogP contribution < -0.4 is 0 Å². The smallest absolute Gasteiger partial charge is 0.298 e. The Bertz CT molecular complexity index is 457. The van der Waals surface area contributed by atoms with E-state index in [2.05, 4.69) is 0 Å². The van der Waals surface area contributed by atoms with Crippen molar-refractivity contribution in [1.82, 2.24) is 0 Å². The molecular formula is C9H3ClF3IO2. The first-order chi connectivity index (χ1) is 7.27. The van der Waals surface area contributed by atoms with Crippen LogP contribution in [0.5, 0.6) is 0 Å². The van der Waals surface area contributed by atoms with Crippen molar-refractivity contribution in [2.45, 2.75) is 6.18 Å². The second-order valence-electron chi connectivity index (χ2n) is 2.81. The van der Waals surface area contributed by atoms with E-state index in [1.54, 1.807) is 0 Å². The van der Waals surface area contributed by atoms with Crippen LogP contribution in [-0.2, 0) is 6.18 Å². The number of rotatable bonds is 2. The summed E-state index contributed by atoms with van der Waals surface area (Å²) in [5.41, 5.74) is -1.97. The van der Waals surface area contributed by atoms with Crippen molar-refractivity contribution in [2.75, 3.05) is 0 Å². The van der Waals surface area contributed by atoms with Gasteiger partial charge in [0.05, 0.1) is 11.1 Å². The summed E-state index contributed by atoms with van der Waals surface area (Å²) < 4.78 is 37.7. The van der Waals surface area contributed by atoms with Gasteiger partial charge in [-0.05, 0) is 46.3 Å². The molecule has 16 heavy (non-hydrogen) atoms. The first-order valence-electron chi connectivity index (χ1n) is 3.83. The molecule has 1 rings (SSSR count). The van der Waals surface area contributed by atoms with Crippen molar-refractivity contribution < 1.29 is 22.8 Å². The second kappa shape index (κ2) is 4.70. The van der Waals surface area contributed by atoms with Crippen LogP contribution in [-0.4, -0.2) is 11.5 Å². The highest BCUT2D eigenvalue weighted by atomic mass is 127. The molecule has 0 aromatic heterocycles. The summed E-state index contributed by atoms with van der Waals surface area (Å²) in [7, 11) is 0. The number of hydrogen-bond acceptors (Lipinski definition) is 2. The van der Waals surface area contributed by atoms with Crippen LogP contribution in [0.25, 0.3) is 0 Å². The molecule has 0 heterocycles. The molecule has 0 aliphatic heterocycles. The first kappa shape index (κ1) is 13.4. The highest BCUT2D eigenvalue weighted by Gasteiger charge is 2.36. The van der Waals surface area contributed by atoms with E-state index in [0.29, 0.717) is 6.07 Å². The third-order valence-corrected chi connectivity index (χ3v) is 2.79. The van der Waals surface area contributed by atoms with E-state index >= 15 is 0 Å². The molecule has 0 unspecified atom stereocenters. The molecule has 0 bridgehead atoms. The second-order valence-corrected chi connectivity index (χ2v) is 4.32. The Balaban J connectivity index is 3.59. The average molecular weight is 362 g/mol. The molecule has 0 spiro atoms. The zero-order chi connectivity index (χ0) is 12.5. The lowest BCUT2D eigenvalue weighted by atomic mass is 10.0. The third kappa shape index (κ3) is 2.73. The van der Waals surface area contributed by atoms with Gasteiger partial charge < -0.3 is 0 Å². The van der Waals surface area contributed by atoms with Crippen LogP contribution in [0, 0.1) is 3.57 Å². The van der Waals surface area contributed by atoms with E-state index in [1.165, 1.54) is 28.7 Å². The van der Waals surface area contributed by atoms with Gasteiger partial charge in [-0.1, -0.05) is 0 Å². The zero-order valence-electron chi connectivity index (χ0n) is 7.44. The summed E-state index contributed by atoms with van der Waals surface area (Å²) in [5, 5.41) is -1.20.